The van der Waals surface area contributed by atoms with Crippen LogP contribution in [-0.4, -0.2) is 14.5 Å². The van der Waals surface area contributed by atoms with E-state index in [-0.39, 0.29) is 0 Å². The lowest BCUT2D eigenvalue weighted by atomic mass is 10.1. The van der Waals surface area contributed by atoms with Gasteiger partial charge in [0.25, 0.3) is 0 Å². The van der Waals surface area contributed by atoms with Crippen molar-refractivity contribution in [1.29, 1.82) is 5.26 Å². The normalized spacial score (nSPS) is 11.8. The number of nitrogens with zero attached hydrogens (tertiary/aromatic N) is 3. The molecule has 0 aliphatic carbocycles. The van der Waals surface area contributed by atoms with Crippen molar-refractivity contribution >= 4 is 38.6 Å². The third-order valence-electron chi connectivity index (χ3n) is 4.88. The summed E-state index contributed by atoms with van der Waals surface area (Å²) in [4.78, 5) is 7.86. The summed E-state index contributed by atoms with van der Waals surface area (Å²) >= 11 is 3.63. The van der Waals surface area contributed by atoms with E-state index >= 15 is 0 Å². The molecule has 0 unspecified atom stereocenters. The largest absolute Gasteiger partial charge is 0.337 e. The average Bonchev–Trinajstić information content (AvgIpc) is 3.20. The van der Waals surface area contributed by atoms with Gasteiger partial charge in [-0.05, 0) is 84.2 Å². The molecule has 4 aromatic rings. The van der Waals surface area contributed by atoms with E-state index in [2.05, 4.69) is 62.5 Å². The fraction of sp³-hybridized carbons (Fsp3) is 0.130. The van der Waals surface area contributed by atoms with Crippen molar-refractivity contribution < 1.29 is 0 Å². The molecular weight excluding hydrogens is 412 g/mol. The van der Waals surface area contributed by atoms with E-state index < -0.39 is 0 Å². The van der Waals surface area contributed by atoms with Crippen molar-refractivity contribution in [1.82, 2.24) is 14.5 Å². The van der Waals surface area contributed by atoms with Gasteiger partial charge in [0, 0.05) is 15.9 Å². The number of fused-ring (bicyclic) bond motifs is 1. The fourth-order valence-corrected chi connectivity index (χ4v) is 3.96. The molecule has 0 amide bonds. The van der Waals surface area contributed by atoms with E-state index in [9.17, 15) is 5.26 Å². The zero-order valence-electron chi connectivity index (χ0n) is 15.9. The number of aryl methyl sites for hydroxylation is 2. The first-order chi connectivity index (χ1) is 13.5. The third kappa shape index (κ3) is 3.17. The van der Waals surface area contributed by atoms with Crippen LogP contribution in [0.3, 0.4) is 0 Å². The second kappa shape index (κ2) is 7.14. The van der Waals surface area contributed by atoms with Crippen molar-refractivity contribution in [3.8, 4) is 11.8 Å². The number of nitrogens with one attached hydrogen (secondary N) is 1. The quantitative estimate of drug-likeness (QED) is 0.398. The van der Waals surface area contributed by atoms with E-state index in [4.69, 9.17) is 0 Å². The Hall–Kier alpha value is -3.10. The first-order valence-corrected chi connectivity index (χ1v) is 9.79. The number of para-hydroxylation sites is 1. The summed E-state index contributed by atoms with van der Waals surface area (Å²) in [5.74, 6) is 0.591. The highest BCUT2D eigenvalue weighted by Gasteiger charge is 2.14. The Morgan fingerprint density at radius 2 is 1.93 bits per heavy atom. The minimum Gasteiger partial charge on any atom is -0.337 e. The van der Waals surface area contributed by atoms with Crippen LogP contribution < -0.4 is 0 Å². The number of nitriles is 1. The Balaban J connectivity index is 1.82. The number of benzene rings is 2. The minimum atomic E-state index is 0.515. The summed E-state index contributed by atoms with van der Waals surface area (Å²) < 4.78 is 3.22. The summed E-state index contributed by atoms with van der Waals surface area (Å²) in [6.07, 6.45) is 1.90. The molecule has 0 fully saturated rings. The second-order valence-electron chi connectivity index (χ2n) is 6.89. The SMILES string of the molecule is Cc1ccc2nc(/C(C#N)=C\c3cc(C)n(-c4ccccc4Br)c3C)[nH]c2c1. The first-order valence-electron chi connectivity index (χ1n) is 9.00. The zero-order chi connectivity index (χ0) is 19.8. The molecule has 0 radical (unpaired) electrons. The summed E-state index contributed by atoms with van der Waals surface area (Å²) in [7, 11) is 0. The fourth-order valence-electron chi connectivity index (χ4n) is 3.50. The van der Waals surface area contributed by atoms with Crippen LogP contribution in [0.4, 0.5) is 0 Å². The highest BCUT2D eigenvalue weighted by Crippen LogP contribution is 2.29. The lowest BCUT2D eigenvalue weighted by Crippen LogP contribution is -1.99. The number of aromatic amines is 1. The molecule has 0 spiro atoms. The summed E-state index contributed by atoms with van der Waals surface area (Å²) in [6, 6.07) is 18.5. The zero-order valence-corrected chi connectivity index (χ0v) is 17.5. The highest BCUT2D eigenvalue weighted by atomic mass is 79.9. The van der Waals surface area contributed by atoms with Gasteiger partial charge in [0.15, 0.2) is 0 Å². The summed E-state index contributed by atoms with van der Waals surface area (Å²) in [6.45, 7) is 6.17. The molecule has 2 aromatic heterocycles. The van der Waals surface area contributed by atoms with Crippen LogP contribution in [0.2, 0.25) is 0 Å². The monoisotopic (exact) mass is 430 g/mol. The summed E-state index contributed by atoms with van der Waals surface area (Å²) in [5, 5.41) is 9.76. The van der Waals surface area contributed by atoms with Crippen molar-refractivity contribution in [3.05, 3.63) is 81.3 Å². The molecule has 28 heavy (non-hydrogen) atoms. The van der Waals surface area contributed by atoms with Gasteiger partial charge < -0.3 is 9.55 Å². The Kier molecular flexibility index (Phi) is 4.66. The number of rotatable bonds is 3. The van der Waals surface area contributed by atoms with Crippen LogP contribution in [-0.2, 0) is 0 Å². The Labute approximate surface area is 172 Å². The molecule has 5 heteroatoms. The van der Waals surface area contributed by atoms with E-state index in [0.29, 0.717) is 11.4 Å². The lowest BCUT2D eigenvalue weighted by molar-refractivity contribution is 0.959. The van der Waals surface area contributed by atoms with Crippen LogP contribution >= 0.6 is 15.9 Å². The number of allylic oxidation sites excluding steroid dienone is 1. The van der Waals surface area contributed by atoms with Gasteiger partial charge in [-0.2, -0.15) is 5.26 Å². The second-order valence-corrected chi connectivity index (χ2v) is 7.74. The Morgan fingerprint density at radius 1 is 1.14 bits per heavy atom. The maximum Gasteiger partial charge on any atom is 0.149 e. The molecule has 0 saturated carbocycles. The van der Waals surface area contributed by atoms with E-state index in [1.165, 1.54) is 0 Å². The predicted molar refractivity (Wildman–Crippen MR) is 117 cm³/mol. The van der Waals surface area contributed by atoms with Gasteiger partial charge in [-0.15, -0.1) is 0 Å². The van der Waals surface area contributed by atoms with Gasteiger partial charge in [-0.3, -0.25) is 0 Å². The number of imidazole rings is 1. The molecule has 2 heterocycles. The molecule has 4 rings (SSSR count). The van der Waals surface area contributed by atoms with Crippen LogP contribution in [0.15, 0.2) is 53.0 Å². The van der Waals surface area contributed by atoms with Gasteiger partial charge in [0.05, 0.1) is 22.3 Å². The van der Waals surface area contributed by atoms with Gasteiger partial charge >= 0.3 is 0 Å². The summed E-state index contributed by atoms with van der Waals surface area (Å²) in [5.41, 5.74) is 7.73. The van der Waals surface area contributed by atoms with Crippen LogP contribution in [0.1, 0.15) is 28.3 Å². The van der Waals surface area contributed by atoms with Gasteiger partial charge in [-0.1, -0.05) is 18.2 Å². The molecule has 138 valence electrons. The molecule has 1 N–H and O–H groups in total. The smallest absolute Gasteiger partial charge is 0.149 e. The van der Waals surface area contributed by atoms with Gasteiger partial charge in [0.1, 0.15) is 11.9 Å². The van der Waals surface area contributed by atoms with Crippen LogP contribution in [0.25, 0.3) is 28.4 Å². The predicted octanol–water partition coefficient (Wildman–Crippen LogP) is 6.11. The molecule has 0 aliphatic heterocycles. The number of H-pyrrole nitrogens is 1. The lowest BCUT2D eigenvalue weighted by Gasteiger charge is -2.11. The average molecular weight is 431 g/mol. The van der Waals surface area contributed by atoms with Gasteiger partial charge in [-0.25, -0.2) is 4.98 Å². The van der Waals surface area contributed by atoms with Gasteiger partial charge in [0.2, 0.25) is 0 Å². The highest BCUT2D eigenvalue weighted by molar-refractivity contribution is 9.10. The minimum absolute atomic E-state index is 0.515. The van der Waals surface area contributed by atoms with Crippen LogP contribution in [0.5, 0.6) is 0 Å². The van der Waals surface area contributed by atoms with Crippen LogP contribution in [0, 0.1) is 32.1 Å². The number of halogens is 1. The molecular formula is C23H19BrN4. The maximum atomic E-state index is 9.76. The Bertz CT molecular complexity index is 1270. The number of hydrogen-bond donors (Lipinski definition) is 1. The van der Waals surface area contributed by atoms with Crippen molar-refractivity contribution in [2.75, 3.05) is 0 Å². The molecule has 0 bridgehead atoms. The maximum absolute atomic E-state index is 9.76. The number of hydrogen-bond acceptors (Lipinski definition) is 2. The molecule has 2 aromatic carbocycles. The third-order valence-corrected chi connectivity index (χ3v) is 5.55. The first kappa shape index (κ1) is 18.3. The van der Waals surface area contributed by atoms with Crippen molar-refractivity contribution in [2.45, 2.75) is 20.8 Å². The topological polar surface area (TPSA) is 57.4 Å². The van der Waals surface area contributed by atoms with Crippen molar-refractivity contribution in [2.24, 2.45) is 0 Å². The molecule has 0 aliphatic rings. The Morgan fingerprint density at radius 3 is 2.68 bits per heavy atom. The molecule has 4 nitrogen and oxygen atoms in total. The molecule has 0 atom stereocenters. The van der Waals surface area contributed by atoms with E-state index in [1.54, 1.807) is 0 Å². The van der Waals surface area contributed by atoms with E-state index in [0.717, 1.165) is 43.7 Å². The standard InChI is InChI=1S/C23H19BrN4/c1-14-8-9-20-21(10-14)27-23(26-20)18(13-25)12-17-11-15(2)28(16(17)3)22-7-5-4-6-19(22)24/h4-12H,1-3H3,(H,26,27)/b18-12-. The van der Waals surface area contributed by atoms with Crippen molar-refractivity contribution in [3.63, 3.8) is 0 Å². The number of aromatic nitrogens is 3. The molecule has 0 saturated heterocycles. The van der Waals surface area contributed by atoms with E-state index in [1.807, 2.05) is 49.4 Å².